The molecule has 0 spiro atoms. The molecule has 1 saturated heterocycles. The number of rotatable bonds is 6. The third kappa shape index (κ3) is 3.43. The molecule has 0 aromatic rings. The quantitative estimate of drug-likeness (QED) is 0.657. The molecule has 0 saturated carbocycles. The number of ether oxygens (including phenoxy) is 1. The Kier molecular flexibility index (Phi) is 5.55. The van der Waals surface area contributed by atoms with Gasteiger partial charge in [-0.3, -0.25) is 9.59 Å². The number of nitrogens with two attached hydrogens (primary N) is 1. The van der Waals surface area contributed by atoms with E-state index in [0.717, 1.165) is 6.42 Å². The largest absolute Gasteiger partial charge is 0.481 e. The van der Waals surface area contributed by atoms with Crippen molar-refractivity contribution in [3.63, 3.8) is 0 Å². The van der Waals surface area contributed by atoms with Crippen LogP contribution in [0.3, 0.4) is 0 Å². The first kappa shape index (κ1) is 14.9. The molecule has 0 aromatic heterocycles. The van der Waals surface area contributed by atoms with Gasteiger partial charge in [0.15, 0.2) is 0 Å². The van der Waals surface area contributed by atoms with E-state index in [4.69, 9.17) is 10.5 Å². The highest BCUT2D eigenvalue weighted by Gasteiger charge is 2.41. The number of hydrogen-bond acceptors (Lipinski definition) is 4. The second kappa shape index (κ2) is 6.70. The van der Waals surface area contributed by atoms with Gasteiger partial charge in [-0.25, -0.2) is 0 Å². The summed E-state index contributed by atoms with van der Waals surface area (Å²) < 4.78 is 5.10. The Morgan fingerprint density at radius 1 is 1.50 bits per heavy atom. The molecule has 104 valence electrons. The maximum Gasteiger partial charge on any atom is 0.311 e. The molecule has 0 aromatic carbocycles. The molecule has 1 aliphatic heterocycles. The van der Waals surface area contributed by atoms with Gasteiger partial charge in [0, 0.05) is 19.6 Å². The summed E-state index contributed by atoms with van der Waals surface area (Å²) in [7, 11) is 0. The zero-order chi connectivity index (χ0) is 13.6. The monoisotopic (exact) mass is 258 g/mol. The molecule has 18 heavy (non-hydrogen) atoms. The smallest absolute Gasteiger partial charge is 0.311 e. The van der Waals surface area contributed by atoms with Crippen LogP contribution in [0, 0.1) is 5.41 Å². The molecule has 1 amide bonds. The van der Waals surface area contributed by atoms with Crippen LogP contribution in [0.15, 0.2) is 0 Å². The van der Waals surface area contributed by atoms with E-state index in [2.05, 4.69) is 0 Å². The number of aliphatic carboxylic acids is 1. The molecule has 1 unspecified atom stereocenters. The van der Waals surface area contributed by atoms with Gasteiger partial charge < -0.3 is 20.5 Å². The number of piperidine rings is 1. The maximum absolute atomic E-state index is 11.9. The van der Waals surface area contributed by atoms with Crippen LogP contribution < -0.4 is 5.73 Å². The molecule has 6 heteroatoms. The number of hydrogen-bond donors (Lipinski definition) is 2. The first-order valence-corrected chi connectivity index (χ1v) is 6.34. The van der Waals surface area contributed by atoms with Crippen LogP contribution in [0.5, 0.6) is 0 Å². The summed E-state index contributed by atoms with van der Waals surface area (Å²) in [5.74, 6) is -0.965. The molecular weight excluding hydrogens is 236 g/mol. The lowest BCUT2D eigenvalue weighted by molar-refractivity contribution is -0.156. The minimum atomic E-state index is -0.814. The van der Waals surface area contributed by atoms with Crippen LogP contribution in [-0.2, 0) is 14.3 Å². The van der Waals surface area contributed by atoms with Gasteiger partial charge in [0.2, 0.25) is 5.91 Å². The van der Waals surface area contributed by atoms with E-state index in [9.17, 15) is 14.7 Å². The third-order valence-electron chi connectivity index (χ3n) is 3.55. The summed E-state index contributed by atoms with van der Waals surface area (Å²) in [5, 5.41) is 9.32. The maximum atomic E-state index is 11.9. The zero-order valence-corrected chi connectivity index (χ0v) is 10.9. The van der Waals surface area contributed by atoms with Gasteiger partial charge in [-0.15, -0.1) is 0 Å². The van der Waals surface area contributed by atoms with Crippen LogP contribution in [0.1, 0.15) is 26.2 Å². The number of carbonyl (C=O) groups is 2. The second-order valence-corrected chi connectivity index (χ2v) is 4.70. The Bertz CT molecular complexity index is 308. The van der Waals surface area contributed by atoms with Crippen molar-refractivity contribution in [1.82, 2.24) is 4.90 Å². The van der Waals surface area contributed by atoms with Gasteiger partial charge in [-0.2, -0.15) is 0 Å². The van der Waals surface area contributed by atoms with Gasteiger partial charge in [0.25, 0.3) is 0 Å². The summed E-state index contributed by atoms with van der Waals surface area (Å²) in [6.07, 6.45) is 1.89. The van der Waals surface area contributed by atoms with Crippen LogP contribution >= 0.6 is 0 Å². The summed E-state index contributed by atoms with van der Waals surface area (Å²) in [4.78, 5) is 24.8. The number of carbonyl (C=O) groups excluding carboxylic acids is 1. The Morgan fingerprint density at radius 2 is 2.22 bits per heavy atom. The normalized spacial score (nSPS) is 24.0. The molecule has 0 aliphatic carbocycles. The summed E-state index contributed by atoms with van der Waals surface area (Å²) >= 11 is 0. The average molecular weight is 258 g/mol. The van der Waals surface area contributed by atoms with Gasteiger partial charge in [0.05, 0.1) is 12.0 Å². The number of nitrogens with zero attached hydrogens (tertiary/aromatic N) is 1. The van der Waals surface area contributed by atoms with Crippen molar-refractivity contribution in [2.24, 2.45) is 11.1 Å². The van der Waals surface area contributed by atoms with Crippen molar-refractivity contribution in [2.45, 2.75) is 26.2 Å². The van der Waals surface area contributed by atoms with E-state index in [1.165, 1.54) is 0 Å². The fourth-order valence-electron chi connectivity index (χ4n) is 2.29. The van der Waals surface area contributed by atoms with Gasteiger partial charge in [-0.05, 0) is 19.3 Å². The predicted octanol–water partition coefficient (Wildman–Crippen LogP) is 0.0651. The number of carboxylic acid groups (broad SMARTS) is 1. The molecule has 1 rings (SSSR count). The van der Waals surface area contributed by atoms with E-state index < -0.39 is 11.4 Å². The van der Waals surface area contributed by atoms with Crippen LogP contribution in [0.25, 0.3) is 0 Å². The van der Waals surface area contributed by atoms with Gasteiger partial charge in [-0.1, -0.05) is 6.92 Å². The molecular formula is C12H22N2O4. The minimum Gasteiger partial charge on any atom is -0.481 e. The van der Waals surface area contributed by atoms with Crippen molar-refractivity contribution in [2.75, 3.05) is 32.8 Å². The molecule has 6 nitrogen and oxygen atoms in total. The second-order valence-electron chi connectivity index (χ2n) is 4.70. The van der Waals surface area contributed by atoms with Crippen molar-refractivity contribution in [3.05, 3.63) is 0 Å². The highest BCUT2D eigenvalue weighted by atomic mass is 16.5. The molecule has 3 N–H and O–H groups in total. The molecule has 0 bridgehead atoms. The summed E-state index contributed by atoms with van der Waals surface area (Å²) in [6.45, 7) is 3.45. The Balaban J connectivity index is 2.57. The van der Waals surface area contributed by atoms with E-state index in [0.29, 0.717) is 32.5 Å². The molecule has 1 atom stereocenters. The summed E-state index contributed by atoms with van der Waals surface area (Å²) in [6, 6.07) is 0. The van der Waals surface area contributed by atoms with Gasteiger partial charge in [0.1, 0.15) is 6.61 Å². The topological polar surface area (TPSA) is 92.9 Å². The first-order chi connectivity index (χ1) is 8.55. The van der Waals surface area contributed by atoms with Crippen molar-refractivity contribution in [1.29, 1.82) is 0 Å². The number of likely N-dealkylation sites (tertiary alicyclic amines) is 1. The lowest BCUT2D eigenvalue weighted by Gasteiger charge is -2.39. The standard InChI is InChI=1S/C12H22N2O4/c1-2-12(11(16)17)4-3-6-14(9-12)10(15)8-18-7-5-13/h2-9,13H2,1H3,(H,16,17). The first-order valence-electron chi connectivity index (χ1n) is 6.34. The Labute approximate surface area is 107 Å². The highest BCUT2D eigenvalue weighted by molar-refractivity contribution is 5.80. The SMILES string of the molecule is CCC1(C(=O)O)CCCN(C(=O)COCCN)C1. The predicted molar refractivity (Wildman–Crippen MR) is 66.0 cm³/mol. The zero-order valence-electron chi connectivity index (χ0n) is 10.9. The van der Waals surface area contributed by atoms with Crippen LogP contribution in [-0.4, -0.2) is 54.7 Å². The number of carboxylic acids is 1. The van der Waals surface area contributed by atoms with E-state index >= 15 is 0 Å². The van der Waals surface area contributed by atoms with Crippen LogP contribution in [0.2, 0.25) is 0 Å². The molecule has 1 fully saturated rings. The lowest BCUT2D eigenvalue weighted by atomic mass is 9.77. The Hall–Kier alpha value is -1.14. The summed E-state index contributed by atoms with van der Waals surface area (Å²) in [5.41, 5.74) is 4.48. The third-order valence-corrected chi connectivity index (χ3v) is 3.55. The lowest BCUT2D eigenvalue weighted by Crippen LogP contribution is -2.50. The van der Waals surface area contributed by atoms with Crippen molar-refractivity contribution in [3.8, 4) is 0 Å². The van der Waals surface area contributed by atoms with E-state index in [-0.39, 0.29) is 19.1 Å². The van der Waals surface area contributed by atoms with Gasteiger partial charge >= 0.3 is 5.97 Å². The highest BCUT2D eigenvalue weighted by Crippen LogP contribution is 2.33. The molecule has 1 aliphatic rings. The fraction of sp³-hybridized carbons (Fsp3) is 0.833. The number of amides is 1. The van der Waals surface area contributed by atoms with E-state index in [1.807, 2.05) is 6.92 Å². The average Bonchev–Trinajstić information content (AvgIpc) is 2.38. The fourth-order valence-corrected chi connectivity index (χ4v) is 2.29. The molecule has 1 heterocycles. The minimum absolute atomic E-state index is 0.0172. The van der Waals surface area contributed by atoms with Crippen molar-refractivity contribution < 1.29 is 19.4 Å². The Morgan fingerprint density at radius 3 is 2.78 bits per heavy atom. The van der Waals surface area contributed by atoms with E-state index in [1.54, 1.807) is 4.90 Å². The molecule has 0 radical (unpaired) electrons. The van der Waals surface area contributed by atoms with Crippen molar-refractivity contribution >= 4 is 11.9 Å². The van der Waals surface area contributed by atoms with Crippen LogP contribution in [0.4, 0.5) is 0 Å².